The number of carbonyl (C=O) groups is 2. The average molecular weight is 393 g/mol. The van der Waals surface area contributed by atoms with E-state index in [2.05, 4.69) is 0 Å². The number of rotatable bonds is 8. The van der Waals surface area contributed by atoms with Gasteiger partial charge < -0.3 is 9.64 Å². The average Bonchev–Trinajstić information content (AvgIpc) is 2.84. The molecule has 1 aliphatic heterocycles. The fourth-order valence-electron chi connectivity index (χ4n) is 2.30. The summed E-state index contributed by atoms with van der Waals surface area (Å²) in [6, 6.07) is 7.97. The van der Waals surface area contributed by atoms with Crippen LogP contribution in [-0.4, -0.2) is 59.8 Å². The number of aryl methyl sites for hydroxylation is 1. The minimum Gasteiger partial charge on any atom is -0.464 e. The topological polar surface area (TPSA) is 49.9 Å². The third kappa shape index (κ3) is 6.23. The van der Waals surface area contributed by atoms with Crippen LogP contribution in [0.2, 0.25) is 0 Å². The number of amides is 1. The van der Waals surface area contributed by atoms with Crippen LogP contribution in [0.25, 0.3) is 6.08 Å². The second-order valence-electron chi connectivity index (χ2n) is 6.37. The van der Waals surface area contributed by atoms with Crippen LogP contribution in [0.5, 0.6) is 0 Å². The Morgan fingerprint density at radius 3 is 2.65 bits per heavy atom. The smallest absolute Gasteiger partial charge is 0.305 e. The predicted octanol–water partition coefficient (Wildman–Crippen LogP) is 3.08. The zero-order valence-corrected chi connectivity index (χ0v) is 17.0. The molecule has 0 spiro atoms. The van der Waals surface area contributed by atoms with Crippen molar-refractivity contribution in [1.82, 2.24) is 9.80 Å². The van der Waals surface area contributed by atoms with E-state index in [0.29, 0.717) is 35.3 Å². The van der Waals surface area contributed by atoms with Crippen molar-refractivity contribution in [1.29, 1.82) is 0 Å². The van der Waals surface area contributed by atoms with Crippen molar-refractivity contribution in [2.75, 3.05) is 33.8 Å². The summed E-state index contributed by atoms with van der Waals surface area (Å²) in [5.41, 5.74) is 2.15. The highest BCUT2D eigenvalue weighted by Crippen LogP contribution is 2.32. The lowest BCUT2D eigenvalue weighted by molar-refractivity contribution is -0.144. The summed E-state index contributed by atoms with van der Waals surface area (Å²) >= 11 is 6.62. The molecule has 1 saturated heterocycles. The van der Waals surface area contributed by atoms with Crippen molar-refractivity contribution in [3.05, 3.63) is 40.3 Å². The zero-order valence-electron chi connectivity index (χ0n) is 15.4. The monoisotopic (exact) mass is 392 g/mol. The molecule has 1 aromatic rings. The first-order valence-corrected chi connectivity index (χ1v) is 9.71. The van der Waals surface area contributed by atoms with E-state index in [9.17, 15) is 9.59 Å². The lowest BCUT2D eigenvalue weighted by Crippen LogP contribution is -2.29. The first kappa shape index (κ1) is 20.6. The van der Waals surface area contributed by atoms with Crippen molar-refractivity contribution in [2.45, 2.75) is 19.8 Å². The molecular weight excluding hydrogens is 368 g/mol. The van der Waals surface area contributed by atoms with Crippen molar-refractivity contribution < 1.29 is 14.3 Å². The van der Waals surface area contributed by atoms with Gasteiger partial charge in [0.1, 0.15) is 10.9 Å². The second-order valence-corrected chi connectivity index (χ2v) is 8.05. The van der Waals surface area contributed by atoms with Gasteiger partial charge in [0, 0.05) is 19.5 Å². The second kappa shape index (κ2) is 9.85. The number of carbonyl (C=O) groups excluding carboxylic acids is 2. The third-order valence-electron chi connectivity index (χ3n) is 3.81. The molecular formula is C19H24N2O3S2. The SMILES string of the molecule is Cc1ccc(/C=C2/SC(=S)N(CCCC(=O)OCCN(C)C)C2=O)cc1. The van der Waals surface area contributed by atoms with E-state index in [-0.39, 0.29) is 18.3 Å². The third-order valence-corrected chi connectivity index (χ3v) is 5.19. The Morgan fingerprint density at radius 1 is 1.31 bits per heavy atom. The van der Waals surface area contributed by atoms with E-state index >= 15 is 0 Å². The molecule has 0 atom stereocenters. The van der Waals surface area contributed by atoms with E-state index in [1.807, 2.05) is 56.3 Å². The van der Waals surface area contributed by atoms with E-state index in [1.54, 1.807) is 4.90 Å². The minimum atomic E-state index is -0.243. The highest BCUT2D eigenvalue weighted by atomic mass is 32.2. The summed E-state index contributed by atoms with van der Waals surface area (Å²) in [5.74, 6) is -0.339. The Hall–Kier alpha value is -1.70. The van der Waals surface area contributed by atoms with Crippen LogP contribution in [0.4, 0.5) is 0 Å². The van der Waals surface area contributed by atoms with E-state index in [1.165, 1.54) is 17.3 Å². The van der Waals surface area contributed by atoms with Crippen molar-refractivity contribution in [3.8, 4) is 0 Å². The Labute approximate surface area is 164 Å². The van der Waals surface area contributed by atoms with Crippen LogP contribution in [0, 0.1) is 6.92 Å². The Bertz CT molecular complexity index is 699. The maximum atomic E-state index is 12.5. The van der Waals surface area contributed by atoms with Crippen LogP contribution in [0.3, 0.4) is 0 Å². The lowest BCUT2D eigenvalue weighted by atomic mass is 10.1. The molecule has 1 aliphatic rings. The molecule has 140 valence electrons. The fourth-order valence-corrected chi connectivity index (χ4v) is 3.61. The van der Waals surface area contributed by atoms with Gasteiger partial charge in [-0.25, -0.2) is 0 Å². The molecule has 2 rings (SSSR count). The van der Waals surface area contributed by atoms with E-state index in [0.717, 1.165) is 5.56 Å². The molecule has 1 heterocycles. The van der Waals surface area contributed by atoms with Crippen LogP contribution in [0.1, 0.15) is 24.0 Å². The van der Waals surface area contributed by atoms with Crippen molar-refractivity contribution in [2.24, 2.45) is 0 Å². The number of ether oxygens (including phenoxy) is 1. The standard InChI is InChI=1S/C19H24N2O3S2/c1-14-6-8-15(9-7-14)13-16-18(23)21(19(25)26-16)10-4-5-17(22)24-12-11-20(2)3/h6-9,13H,4-5,10-12H2,1-3H3/b16-13+. The molecule has 26 heavy (non-hydrogen) atoms. The summed E-state index contributed by atoms with van der Waals surface area (Å²) in [6.07, 6.45) is 2.67. The lowest BCUT2D eigenvalue weighted by Gasteiger charge is -2.14. The summed E-state index contributed by atoms with van der Waals surface area (Å²) < 4.78 is 5.68. The van der Waals surface area contributed by atoms with Crippen molar-refractivity contribution >= 4 is 46.3 Å². The summed E-state index contributed by atoms with van der Waals surface area (Å²) in [7, 11) is 3.85. The largest absolute Gasteiger partial charge is 0.464 e. The number of thiocarbonyl (C=S) groups is 1. The molecule has 0 aromatic heterocycles. The van der Waals surface area contributed by atoms with Crippen LogP contribution >= 0.6 is 24.0 Å². The molecule has 0 radical (unpaired) electrons. The van der Waals surface area contributed by atoms with Gasteiger partial charge >= 0.3 is 5.97 Å². The van der Waals surface area contributed by atoms with Crippen LogP contribution < -0.4 is 0 Å². The number of benzene rings is 1. The Morgan fingerprint density at radius 2 is 2.00 bits per heavy atom. The molecule has 0 unspecified atom stereocenters. The normalized spacial score (nSPS) is 16.0. The van der Waals surface area contributed by atoms with Crippen molar-refractivity contribution in [3.63, 3.8) is 0 Å². The Kier molecular flexibility index (Phi) is 7.81. The first-order chi connectivity index (χ1) is 12.4. The molecule has 1 fully saturated rings. The van der Waals surface area contributed by atoms with Gasteiger partial charge in [0.05, 0.1) is 4.91 Å². The highest BCUT2D eigenvalue weighted by molar-refractivity contribution is 8.26. The molecule has 5 nitrogen and oxygen atoms in total. The van der Waals surface area contributed by atoms with Crippen LogP contribution in [0.15, 0.2) is 29.2 Å². The molecule has 0 aliphatic carbocycles. The Balaban J connectivity index is 1.83. The summed E-state index contributed by atoms with van der Waals surface area (Å²) in [5, 5.41) is 0. The predicted molar refractivity (Wildman–Crippen MR) is 110 cm³/mol. The van der Waals surface area contributed by atoms with Gasteiger partial charge in [0.15, 0.2) is 0 Å². The molecule has 0 bridgehead atoms. The number of hydrogen-bond acceptors (Lipinski definition) is 6. The maximum absolute atomic E-state index is 12.5. The zero-order chi connectivity index (χ0) is 19.1. The fraction of sp³-hybridized carbons (Fsp3) is 0.421. The number of likely N-dealkylation sites (N-methyl/N-ethyl adjacent to an activating group) is 1. The summed E-state index contributed by atoms with van der Waals surface area (Å²) in [6.45, 7) is 3.53. The van der Waals surface area contributed by atoms with Gasteiger partial charge in [-0.1, -0.05) is 53.8 Å². The maximum Gasteiger partial charge on any atom is 0.305 e. The minimum absolute atomic E-state index is 0.0958. The number of hydrogen-bond donors (Lipinski definition) is 0. The molecule has 7 heteroatoms. The van der Waals surface area contributed by atoms with E-state index < -0.39 is 0 Å². The number of thioether (sulfide) groups is 1. The first-order valence-electron chi connectivity index (χ1n) is 8.49. The van der Waals surface area contributed by atoms with Gasteiger partial charge in [-0.2, -0.15) is 0 Å². The molecule has 0 N–H and O–H groups in total. The van der Waals surface area contributed by atoms with Gasteiger partial charge in [0.25, 0.3) is 5.91 Å². The van der Waals surface area contributed by atoms with E-state index in [4.69, 9.17) is 17.0 Å². The number of nitrogens with zero attached hydrogens (tertiary/aromatic N) is 2. The quantitative estimate of drug-likeness (QED) is 0.385. The van der Waals surface area contributed by atoms with Gasteiger partial charge in [-0.3, -0.25) is 14.5 Å². The molecule has 1 aromatic carbocycles. The summed E-state index contributed by atoms with van der Waals surface area (Å²) in [4.78, 5) is 28.4. The highest BCUT2D eigenvalue weighted by Gasteiger charge is 2.31. The van der Waals surface area contributed by atoms with Gasteiger partial charge in [-0.15, -0.1) is 0 Å². The molecule has 0 saturated carbocycles. The number of esters is 1. The van der Waals surface area contributed by atoms with Gasteiger partial charge in [-0.05, 0) is 39.1 Å². The molecule has 1 amide bonds. The van der Waals surface area contributed by atoms with Gasteiger partial charge in [0.2, 0.25) is 0 Å². The van der Waals surface area contributed by atoms with Crippen LogP contribution in [-0.2, 0) is 14.3 Å².